The second-order valence-electron chi connectivity index (χ2n) is 6.79. The van der Waals surface area contributed by atoms with Gasteiger partial charge in [0, 0.05) is 44.3 Å². The minimum atomic E-state index is -0.0348. The molecule has 126 valence electrons. The molecule has 0 bridgehead atoms. The summed E-state index contributed by atoms with van der Waals surface area (Å²) in [5.74, 6) is 0.686. The molecule has 0 saturated carbocycles. The SMILES string of the molecule is c1cnc(N[C@@H]2CO[C@@]3(CCCN(Cc4cccnc4)C3)C2)nc1. The van der Waals surface area contributed by atoms with Gasteiger partial charge < -0.3 is 10.1 Å². The third-order valence-electron chi connectivity index (χ3n) is 4.86. The molecule has 1 spiro atoms. The van der Waals surface area contributed by atoms with Crippen molar-refractivity contribution in [3.8, 4) is 0 Å². The first-order valence-electron chi connectivity index (χ1n) is 8.60. The standard InChI is InChI=1S/C18H23N5O/c1-4-15(11-19-6-1)12-23-9-2-5-18(14-23)10-16(13-24-18)22-17-20-7-3-8-21-17/h1,3-4,6-8,11,16H,2,5,9-10,12-14H2,(H,20,21,22)/t16-,18-/m0/s1. The van der Waals surface area contributed by atoms with Crippen LogP contribution in [-0.4, -0.2) is 51.2 Å². The van der Waals surface area contributed by atoms with Gasteiger partial charge in [0.1, 0.15) is 0 Å². The molecule has 2 fully saturated rings. The number of nitrogens with zero attached hydrogens (tertiary/aromatic N) is 4. The predicted molar refractivity (Wildman–Crippen MR) is 91.5 cm³/mol. The molecule has 4 heterocycles. The van der Waals surface area contributed by atoms with Crippen molar-refractivity contribution in [1.29, 1.82) is 0 Å². The lowest BCUT2D eigenvalue weighted by Gasteiger charge is -2.39. The Morgan fingerprint density at radius 2 is 2.17 bits per heavy atom. The molecule has 2 aliphatic heterocycles. The van der Waals surface area contributed by atoms with E-state index in [4.69, 9.17) is 4.74 Å². The van der Waals surface area contributed by atoms with E-state index in [1.54, 1.807) is 12.4 Å². The van der Waals surface area contributed by atoms with Crippen molar-refractivity contribution < 1.29 is 4.74 Å². The number of nitrogens with one attached hydrogen (secondary N) is 1. The van der Waals surface area contributed by atoms with Gasteiger partial charge in [0.25, 0.3) is 0 Å². The molecule has 0 aliphatic carbocycles. The third-order valence-corrected chi connectivity index (χ3v) is 4.86. The van der Waals surface area contributed by atoms with Gasteiger partial charge in [-0.1, -0.05) is 6.07 Å². The third kappa shape index (κ3) is 3.55. The fourth-order valence-electron chi connectivity index (χ4n) is 3.85. The quantitative estimate of drug-likeness (QED) is 0.929. The van der Waals surface area contributed by atoms with Gasteiger partial charge >= 0.3 is 0 Å². The zero-order valence-electron chi connectivity index (χ0n) is 13.8. The van der Waals surface area contributed by atoms with E-state index in [1.165, 1.54) is 12.0 Å². The summed E-state index contributed by atoms with van der Waals surface area (Å²) in [6.07, 6.45) is 10.6. The van der Waals surface area contributed by atoms with Gasteiger partial charge in [-0.3, -0.25) is 9.88 Å². The fraction of sp³-hybridized carbons (Fsp3) is 0.500. The number of anilines is 1. The monoisotopic (exact) mass is 325 g/mol. The summed E-state index contributed by atoms with van der Waals surface area (Å²) in [6, 6.07) is 6.25. The van der Waals surface area contributed by atoms with Crippen molar-refractivity contribution in [2.45, 2.75) is 37.5 Å². The van der Waals surface area contributed by atoms with Crippen LogP contribution in [0.3, 0.4) is 0 Å². The van der Waals surface area contributed by atoms with Gasteiger partial charge in [-0.15, -0.1) is 0 Å². The molecule has 2 aromatic heterocycles. The van der Waals surface area contributed by atoms with Crippen LogP contribution < -0.4 is 5.32 Å². The number of rotatable bonds is 4. The van der Waals surface area contributed by atoms with Crippen molar-refractivity contribution in [3.05, 3.63) is 48.5 Å². The average molecular weight is 325 g/mol. The molecule has 2 aromatic rings. The highest BCUT2D eigenvalue weighted by molar-refractivity contribution is 5.25. The molecule has 0 amide bonds. The van der Waals surface area contributed by atoms with E-state index in [1.807, 2.05) is 24.5 Å². The zero-order chi connectivity index (χ0) is 16.2. The Morgan fingerprint density at radius 1 is 1.25 bits per heavy atom. The summed E-state index contributed by atoms with van der Waals surface area (Å²) in [5.41, 5.74) is 1.23. The highest BCUT2D eigenvalue weighted by atomic mass is 16.5. The summed E-state index contributed by atoms with van der Waals surface area (Å²) >= 11 is 0. The maximum Gasteiger partial charge on any atom is 0.222 e. The van der Waals surface area contributed by atoms with Gasteiger partial charge in [-0.25, -0.2) is 9.97 Å². The maximum atomic E-state index is 6.26. The summed E-state index contributed by atoms with van der Waals surface area (Å²) < 4.78 is 6.26. The lowest BCUT2D eigenvalue weighted by Crippen LogP contribution is -2.47. The second-order valence-corrected chi connectivity index (χ2v) is 6.79. The fourth-order valence-corrected chi connectivity index (χ4v) is 3.85. The predicted octanol–water partition coefficient (Wildman–Crippen LogP) is 2.11. The van der Waals surface area contributed by atoms with E-state index in [0.717, 1.165) is 39.1 Å². The minimum Gasteiger partial charge on any atom is -0.371 e. The van der Waals surface area contributed by atoms with Crippen LogP contribution in [0.4, 0.5) is 5.95 Å². The molecule has 0 aromatic carbocycles. The summed E-state index contributed by atoms with van der Waals surface area (Å²) in [7, 11) is 0. The van der Waals surface area contributed by atoms with E-state index in [0.29, 0.717) is 5.95 Å². The highest BCUT2D eigenvalue weighted by Crippen LogP contribution is 2.35. The molecule has 0 unspecified atom stereocenters. The van der Waals surface area contributed by atoms with Crippen LogP contribution in [0.15, 0.2) is 43.0 Å². The number of hydrogen-bond acceptors (Lipinski definition) is 6. The first-order chi connectivity index (χ1) is 11.8. The number of hydrogen-bond donors (Lipinski definition) is 1. The Balaban J connectivity index is 1.37. The molecular weight excluding hydrogens is 302 g/mol. The Labute approximate surface area is 142 Å². The Bertz CT molecular complexity index is 653. The summed E-state index contributed by atoms with van der Waals surface area (Å²) in [4.78, 5) is 15.2. The van der Waals surface area contributed by atoms with E-state index in [9.17, 15) is 0 Å². The molecule has 0 radical (unpaired) electrons. The molecule has 1 N–H and O–H groups in total. The topological polar surface area (TPSA) is 63.2 Å². The normalized spacial score (nSPS) is 27.4. The maximum absolute atomic E-state index is 6.26. The van der Waals surface area contributed by atoms with Gasteiger partial charge in [0.05, 0.1) is 18.2 Å². The Hall–Kier alpha value is -2.05. The number of likely N-dealkylation sites (tertiary alicyclic amines) is 1. The van der Waals surface area contributed by atoms with Crippen molar-refractivity contribution >= 4 is 5.95 Å². The van der Waals surface area contributed by atoms with Crippen LogP contribution in [0.1, 0.15) is 24.8 Å². The van der Waals surface area contributed by atoms with E-state index < -0.39 is 0 Å². The number of pyridine rings is 1. The lowest BCUT2D eigenvalue weighted by atomic mass is 9.88. The van der Waals surface area contributed by atoms with Crippen molar-refractivity contribution in [2.24, 2.45) is 0 Å². The Kier molecular flexibility index (Phi) is 4.40. The van der Waals surface area contributed by atoms with Gasteiger partial charge in [-0.05, 0) is 37.1 Å². The van der Waals surface area contributed by atoms with Crippen molar-refractivity contribution in [2.75, 3.05) is 25.0 Å². The van der Waals surface area contributed by atoms with E-state index >= 15 is 0 Å². The molecule has 4 rings (SSSR count). The van der Waals surface area contributed by atoms with Crippen LogP contribution in [0.25, 0.3) is 0 Å². The van der Waals surface area contributed by atoms with E-state index in [-0.39, 0.29) is 11.6 Å². The Morgan fingerprint density at radius 3 is 3.00 bits per heavy atom. The molecule has 2 saturated heterocycles. The largest absolute Gasteiger partial charge is 0.371 e. The number of aromatic nitrogens is 3. The minimum absolute atomic E-state index is 0.0348. The smallest absolute Gasteiger partial charge is 0.222 e. The zero-order valence-corrected chi connectivity index (χ0v) is 13.8. The first kappa shape index (κ1) is 15.5. The van der Waals surface area contributed by atoms with Crippen LogP contribution in [0.5, 0.6) is 0 Å². The van der Waals surface area contributed by atoms with Crippen LogP contribution in [0, 0.1) is 0 Å². The average Bonchev–Trinajstić information content (AvgIpc) is 2.98. The highest BCUT2D eigenvalue weighted by Gasteiger charge is 2.43. The molecule has 24 heavy (non-hydrogen) atoms. The molecule has 2 aliphatic rings. The van der Waals surface area contributed by atoms with Gasteiger partial charge in [-0.2, -0.15) is 0 Å². The van der Waals surface area contributed by atoms with Crippen LogP contribution in [0.2, 0.25) is 0 Å². The molecule has 6 heteroatoms. The molecular formula is C18H23N5O. The summed E-state index contributed by atoms with van der Waals surface area (Å²) in [6.45, 7) is 3.77. The van der Waals surface area contributed by atoms with Gasteiger partial charge in [0.15, 0.2) is 0 Å². The summed E-state index contributed by atoms with van der Waals surface area (Å²) in [5, 5.41) is 3.40. The van der Waals surface area contributed by atoms with Gasteiger partial charge in [0.2, 0.25) is 5.95 Å². The molecule has 2 atom stereocenters. The molecule has 6 nitrogen and oxygen atoms in total. The number of ether oxygens (including phenoxy) is 1. The first-order valence-corrected chi connectivity index (χ1v) is 8.60. The second kappa shape index (κ2) is 6.83. The van der Waals surface area contributed by atoms with Crippen LogP contribution >= 0.6 is 0 Å². The van der Waals surface area contributed by atoms with Crippen molar-refractivity contribution in [1.82, 2.24) is 19.9 Å². The van der Waals surface area contributed by atoms with Crippen molar-refractivity contribution in [3.63, 3.8) is 0 Å². The van der Waals surface area contributed by atoms with Crippen LogP contribution in [-0.2, 0) is 11.3 Å². The number of piperidine rings is 1. The lowest BCUT2D eigenvalue weighted by molar-refractivity contribution is -0.0533. The van der Waals surface area contributed by atoms with E-state index in [2.05, 4.69) is 31.2 Å².